The fourth-order valence-electron chi connectivity index (χ4n) is 2.74. The van der Waals surface area contributed by atoms with Crippen molar-refractivity contribution in [2.45, 2.75) is 45.6 Å². The van der Waals surface area contributed by atoms with E-state index in [1.165, 1.54) is 23.3 Å². The van der Waals surface area contributed by atoms with Gasteiger partial charge in [0, 0.05) is 5.41 Å². The standard InChI is InChI=1S/C19H23FO/c1-13-9-14(2)11-15(10-13)12-18(21)19(3,4)16-5-7-17(20)8-6-16/h5-11,18,21H,12H2,1-4H3. The van der Waals surface area contributed by atoms with Crippen LogP contribution in [0.25, 0.3) is 0 Å². The number of halogens is 1. The van der Waals surface area contributed by atoms with Crippen molar-refractivity contribution in [2.24, 2.45) is 0 Å². The molecule has 2 heteroatoms. The van der Waals surface area contributed by atoms with Gasteiger partial charge in [-0.05, 0) is 43.5 Å². The Morgan fingerprint density at radius 1 is 1.00 bits per heavy atom. The number of hydrogen-bond donors (Lipinski definition) is 1. The molecule has 2 rings (SSSR count). The van der Waals surface area contributed by atoms with E-state index in [0.29, 0.717) is 6.42 Å². The van der Waals surface area contributed by atoms with Crippen LogP contribution in [0.5, 0.6) is 0 Å². The lowest BCUT2D eigenvalue weighted by atomic mass is 9.77. The van der Waals surface area contributed by atoms with Gasteiger partial charge in [-0.15, -0.1) is 0 Å². The molecule has 1 atom stereocenters. The van der Waals surface area contributed by atoms with Gasteiger partial charge in [0.05, 0.1) is 6.10 Å². The molecule has 0 aromatic heterocycles. The molecule has 0 fully saturated rings. The smallest absolute Gasteiger partial charge is 0.123 e. The molecule has 1 nitrogen and oxygen atoms in total. The van der Waals surface area contributed by atoms with E-state index < -0.39 is 11.5 Å². The first-order valence-electron chi connectivity index (χ1n) is 7.30. The molecule has 2 aromatic rings. The van der Waals surface area contributed by atoms with Crippen LogP contribution in [0.15, 0.2) is 42.5 Å². The molecule has 1 unspecified atom stereocenters. The fraction of sp³-hybridized carbons (Fsp3) is 0.368. The molecular weight excluding hydrogens is 263 g/mol. The van der Waals surface area contributed by atoms with Gasteiger partial charge in [-0.2, -0.15) is 0 Å². The SMILES string of the molecule is Cc1cc(C)cc(CC(O)C(C)(C)c2ccc(F)cc2)c1. The van der Waals surface area contributed by atoms with Gasteiger partial charge in [0.25, 0.3) is 0 Å². The molecular formula is C19H23FO. The minimum Gasteiger partial charge on any atom is -0.392 e. The van der Waals surface area contributed by atoms with Gasteiger partial charge in [-0.1, -0.05) is 55.3 Å². The van der Waals surface area contributed by atoms with Crippen molar-refractivity contribution in [3.05, 3.63) is 70.5 Å². The zero-order valence-electron chi connectivity index (χ0n) is 13.2. The third-order valence-corrected chi connectivity index (χ3v) is 4.13. The van der Waals surface area contributed by atoms with Crippen molar-refractivity contribution < 1.29 is 9.50 Å². The van der Waals surface area contributed by atoms with E-state index in [1.54, 1.807) is 12.1 Å². The first-order valence-corrected chi connectivity index (χ1v) is 7.30. The van der Waals surface area contributed by atoms with E-state index in [2.05, 4.69) is 32.0 Å². The summed E-state index contributed by atoms with van der Waals surface area (Å²) in [5.74, 6) is -0.252. The van der Waals surface area contributed by atoms with Crippen LogP contribution >= 0.6 is 0 Å². The van der Waals surface area contributed by atoms with Crippen molar-refractivity contribution >= 4 is 0 Å². The molecule has 112 valence electrons. The first-order chi connectivity index (χ1) is 9.79. The Balaban J connectivity index is 2.21. The molecule has 0 spiro atoms. The Morgan fingerprint density at radius 3 is 2.05 bits per heavy atom. The molecule has 0 saturated heterocycles. The Morgan fingerprint density at radius 2 is 1.52 bits per heavy atom. The van der Waals surface area contributed by atoms with Crippen LogP contribution in [0.1, 0.15) is 36.1 Å². The van der Waals surface area contributed by atoms with E-state index in [4.69, 9.17) is 0 Å². The van der Waals surface area contributed by atoms with E-state index in [0.717, 1.165) is 11.1 Å². The van der Waals surface area contributed by atoms with Gasteiger partial charge in [0.15, 0.2) is 0 Å². The van der Waals surface area contributed by atoms with Crippen LogP contribution in [0.4, 0.5) is 4.39 Å². The third-order valence-electron chi connectivity index (χ3n) is 4.13. The third kappa shape index (κ3) is 3.70. The molecule has 0 bridgehead atoms. The molecule has 0 aliphatic rings. The van der Waals surface area contributed by atoms with Crippen LogP contribution < -0.4 is 0 Å². The normalized spacial score (nSPS) is 13.2. The number of aryl methyl sites for hydroxylation is 2. The maximum Gasteiger partial charge on any atom is 0.123 e. The lowest BCUT2D eigenvalue weighted by Crippen LogP contribution is -2.35. The number of aliphatic hydroxyl groups excluding tert-OH is 1. The van der Waals surface area contributed by atoms with Crippen LogP contribution in [0, 0.1) is 19.7 Å². The average Bonchev–Trinajstić information content (AvgIpc) is 2.37. The minimum atomic E-state index is -0.524. The van der Waals surface area contributed by atoms with Crippen molar-refractivity contribution in [2.75, 3.05) is 0 Å². The molecule has 0 aliphatic carbocycles. The van der Waals surface area contributed by atoms with Crippen molar-refractivity contribution in [1.29, 1.82) is 0 Å². The van der Waals surface area contributed by atoms with Gasteiger partial charge < -0.3 is 5.11 Å². The zero-order valence-corrected chi connectivity index (χ0v) is 13.2. The highest BCUT2D eigenvalue weighted by Gasteiger charge is 2.29. The van der Waals surface area contributed by atoms with Crippen molar-refractivity contribution in [3.8, 4) is 0 Å². The molecule has 1 N–H and O–H groups in total. The zero-order chi connectivity index (χ0) is 15.6. The fourth-order valence-corrected chi connectivity index (χ4v) is 2.74. The maximum atomic E-state index is 13.0. The van der Waals surface area contributed by atoms with Crippen molar-refractivity contribution in [1.82, 2.24) is 0 Å². The van der Waals surface area contributed by atoms with E-state index in [-0.39, 0.29) is 5.82 Å². The molecule has 0 saturated carbocycles. The van der Waals surface area contributed by atoms with Gasteiger partial charge in [0.1, 0.15) is 5.82 Å². The second-order valence-electron chi connectivity index (χ2n) is 6.44. The molecule has 0 amide bonds. The summed E-state index contributed by atoms with van der Waals surface area (Å²) in [6, 6.07) is 12.7. The lowest BCUT2D eigenvalue weighted by molar-refractivity contribution is 0.0999. The monoisotopic (exact) mass is 286 g/mol. The van der Waals surface area contributed by atoms with E-state index >= 15 is 0 Å². The van der Waals surface area contributed by atoms with Crippen LogP contribution in [-0.4, -0.2) is 11.2 Å². The van der Waals surface area contributed by atoms with E-state index in [1.807, 2.05) is 13.8 Å². The Bertz CT molecular complexity index is 594. The van der Waals surface area contributed by atoms with Gasteiger partial charge in [-0.3, -0.25) is 0 Å². The lowest BCUT2D eigenvalue weighted by Gasteiger charge is -2.31. The Hall–Kier alpha value is -1.67. The number of aliphatic hydroxyl groups is 1. The molecule has 2 aromatic carbocycles. The Kier molecular flexibility index (Phi) is 4.48. The number of benzene rings is 2. The molecule has 0 heterocycles. The summed E-state index contributed by atoms with van der Waals surface area (Å²) in [5.41, 5.74) is 4.07. The largest absolute Gasteiger partial charge is 0.392 e. The topological polar surface area (TPSA) is 20.2 Å². The summed E-state index contributed by atoms with van der Waals surface area (Å²) >= 11 is 0. The van der Waals surface area contributed by atoms with Crippen LogP contribution in [0.3, 0.4) is 0 Å². The molecule has 0 radical (unpaired) electrons. The van der Waals surface area contributed by atoms with Gasteiger partial charge in [-0.25, -0.2) is 4.39 Å². The summed E-state index contributed by atoms with van der Waals surface area (Å²) in [6.07, 6.45) is 0.0663. The summed E-state index contributed by atoms with van der Waals surface area (Å²) in [5, 5.41) is 10.6. The maximum absolute atomic E-state index is 13.0. The molecule has 21 heavy (non-hydrogen) atoms. The van der Waals surface area contributed by atoms with Gasteiger partial charge >= 0.3 is 0 Å². The highest BCUT2D eigenvalue weighted by Crippen LogP contribution is 2.29. The number of hydrogen-bond acceptors (Lipinski definition) is 1. The Labute approximate surface area is 126 Å². The minimum absolute atomic E-state index is 0.252. The first kappa shape index (κ1) is 15.7. The van der Waals surface area contributed by atoms with E-state index in [9.17, 15) is 9.50 Å². The highest BCUT2D eigenvalue weighted by molar-refractivity contribution is 5.31. The average molecular weight is 286 g/mol. The summed E-state index contributed by atoms with van der Waals surface area (Å²) in [4.78, 5) is 0. The summed E-state index contributed by atoms with van der Waals surface area (Å²) in [6.45, 7) is 8.11. The van der Waals surface area contributed by atoms with Crippen LogP contribution in [-0.2, 0) is 11.8 Å². The highest BCUT2D eigenvalue weighted by atomic mass is 19.1. The predicted molar refractivity (Wildman–Crippen MR) is 85.1 cm³/mol. The second-order valence-corrected chi connectivity index (χ2v) is 6.44. The predicted octanol–water partition coefficient (Wildman–Crippen LogP) is 4.32. The van der Waals surface area contributed by atoms with Crippen LogP contribution in [0.2, 0.25) is 0 Å². The number of rotatable bonds is 4. The van der Waals surface area contributed by atoms with Gasteiger partial charge in [0.2, 0.25) is 0 Å². The van der Waals surface area contributed by atoms with Crippen molar-refractivity contribution in [3.63, 3.8) is 0 Å². The second kappa shape index (κ2) is 5.98. The molecule has 0 aliphatic heterocycles. The summed E-state index contributed by atoms with van der Waals surface area (Å²) in [7, 11) is 0. The quantitative estimate of drug-likeness (QED) is 0.887. The summed E-state index contributed by atoms with van der Waals surface area (Å²) < 4.78 is 13.0.